The summed E-state index contributed by atoms with van der Waals surface area (Å²) in [7, 11) is 1.33. The molecule has 6 nitrogen and oxygen atoms in total. The van der Waals surface area contributed by atoms with Crippen LogP contribution in [0.3, 0.4) is 0 Å². The maximum Gasteiger partial charge on any atom is 0.337 e. The van der Waals surface area contributed by atoms with Crippen LogP contribution < -0.4 is 9.64 Å². The van der Waals surface area contributed by atoms with Crippen LogP contribution >= 0.6 is 11.8 Å². The van der Waals surface area contributed by atoms with Gasteiger partial charge < -0.3 is 14.6 Å². The average molecular weight is 478 g/mol. The Morgan fingerprint density at radius 3 is 2.47 bits per heavy atom. The minimum absolute atomic E-state index is 0.0930. The third-order valence-electron chi connectivity index (χ3n) is 5.83. The van der Waals surface area contributed by atoms with E-state index in [9.17, 15) is 14.7 Å². The average Bonchev–Trinajstić information content (AvgIpc) is 3.13. The molecule has 7 heteroatoms. The molecule has 0 spiro atoms. The van der Waals surface area contributed by atoms with Crippen LogP contribution in [0.4, 0.5) is 5.69 Å². The molecular weight excluding hydrogens is 450 g/mol. The molecule has 0 aromatic heterocycles. The Bertz CT molecular complexity index is 1150. The second kappa shape index (κ2) is 10.3. The van der Waals surface area contributed by atoms with Gasteiger partial charge in [-0.25, -0.2) is 4.79 Å². The highest BCUT2D eigenvalue weighted by Gasteiger charge is 2.50. The van der Waals surface area contributed by atoms with Gasteiger partial charge >= 0.3 is 5.97 Å². The number of amides is 1. The topological polar surface area (TPSA) is 76.1 Å². The second-order valence-corrected chi connectivity index (χ2v) is 9.82. The molecule has 1 saturated heterocycles. The fourth-order valence-corrected chi connectivity index (χ4v) is 5.45. The van der Waals surface area contributed by atoms with Gasteiger partial charge in [0.1, 0.15) is 17.7 Å². The van der Waals surface area contributed by atoms with E-state index >= 15 is 0 Å². The molecule has 2 atom stereocenters. The van der Waals surface area contributed by atoms with Crippen LogP contribution in [0.5, 0.6) is 5.75 Å². The number of benzene rings is 3. The van der Waals surface area contributed by atoms with Gasteiger partial charge in [-0.15, -0.1) is 11.8 Å². The highest BCUT2D eigenvalue weighted by molar-refractivity contribution is 8.02. The molecule has 0 unspecified atom stereocenters. The molecule has 1 heterocycles. The first kappa shape index (κ1) is 23.9. The van der Waals surface area contributed by atoms with Crippen molar-refractivity contribution in [2.75, 3.05) is 18.6 Å². The number of hydrogen-bond donors (Lipinski definition) is 1. The van der Waals surface area contributed by atoms with Gasteiger partial charge in [-0.3, -0.25) is 9.69 Å². The Kier molecular flexibility index (Phi) is 7.24. The number of carbonyl (C=O) groups is 2. The molecule has 1 fully saturated rings. The quantitative estimate of drug-likeness (QED) is 0.462. The van der Waals surface area contributed by atoms with Crippen LogP contribution in [0.1, 0.15) is 40.2 Å². The molecule has 34 heavy (non-hydrogen) atoms. The lowest BCUT2D eigenvalue weighted by atomic mass is 10.0. The lowest BCUT2D eigenvalue weighted by Crippen LogP contribution is -2.38. The number of nitrogens with zero attached hydrogens (tertiary/aromatic N) is 1. The van der Waals surface area contributed by atoms with Crippen LogP contribution in [-0.2, 0) is 16.1 Å². The van der Waals surface area contributed by atoms with Gasteiger partial charge in [-0.1, -0.05) is 48.5 Å². The predicted octanol–water partition coefficient (Wildman–Crippen LogP) is 4.97. The van der Waals surface area contributed by atoms with Crippen molar-refractivity contribution < 1.29 is 24.2 Å². The largest absolute Gasteiger partial charge is 0.489 e. The predicted molar refractivity (Wildman–Crippen MR) is 133 cm³/mol. The van der Waals surface area contributed by atoms with E-state index in [1.165, 1.54) is 18.9 Å². The van der Waals surface area contributed by atoms with Crippen molar-refractivity contribution in [3.63, 3.8) is 0 Å². The maximum absolute atomic E-state index is 13.5. The van der Waals surface area contributed by atoms with Crippen molar-refractivity contribution in [1.29, 1.82) is 0 Å². The van der Waals surface area contributed by atoms with Crippen LogP contribution in [0.15, 0.2) is 78.9 Å². The standard InChI is InChI=1S/C27H27NO5S/c1-27(15-16-29)26(31)28(22-10-6-9-21(17-22)25(30)32-2)24(34-27)20-11-13-23(14-12-20)33-18-19-7-4-3-5-8-19/h3-14,17,24,29H,15-16,18H2,1-2H3/t24-,27+/m0/s1. The first-order valence-electron chi connectivity index (χ1n) is 11.0. The second-order valence-electron chi connectivity index (χ2n) is 8.24. The molecular formula is C27H27NO5S. The highest BCUT2D eigenvalue weighted by Crippen LogP contribution is 2.52. The van der Waals surface area contributed by atoms with Gasteiger partial charge in [-0.2, -0.15) is 0 Å². The van der Waals surface area contributed by atoms with Gasteiger partial charge in [0.25, 0.3) is 0 Å². The Hall–Kier alpha value is -3.29. The summed E-state index contributed by atoms with van der Waals surface area (Å²) in [6.07, 6.45) is 0.332. The van der Waals surface area contributed by atoms with Gasteiger partial charge in [0.15, 0.2) is 0 Å². The van der Waals surface area contributed by atoms with Crippen molar-refractivity contribution in [2.24, 2.45) is 0 Å². The number of ether oxygens (including phenoxy) is 2. The number of esters is 1. The fraction of sp³-hybridized carbons (Fsp3) is 0.259. The van der Waals surface area contributed by atoms with Crippen molar-refractivity contribution >= 4 is 29.3 Å². The van der Waals surface area contributed by atoms with Gasteiger partial charge in [0, 0.05) is 12.3 Å². The molecule has 1 aliphatic rings. The third-order valence-corrected chi connectivity index (χ3v) is 7.43. The molecule has 1 aliphatic heterocycles. The molecule has 0 aliphatic carbocycles. The van der Waals surface area contributed by atoms with E-state index in [4.69, 9.17) is 9.47 Å². The molecule has 1 N–H and O–H groups in total. The Morgan fingerprint density at radius 2 is 1.79 bits per heavy atom. The van der Waals surface area contributed by atoms with E-state index < -0.39 is 10.7 Å². The zero-order valence-corrected chi connectivity index (χ0v) is 20.0. The van der Waals surface area contributed by atoms with Crippen LogP contribution in [-0.4, -0.2) is 35.4 Å². The Labute approximate surface area is 203 Å². The number of anilines is 1. The van der Waals surface area contributed by atoms with Crippen molar-refractivity contribution in [1.82, 2.24) is 0 Å². The number of methoxy groups -OCH3 is 1. The number of carbonyl (C=O) groups excluding carboxylic acids is 2. The fourth-order valence-electron chi connectivity index (χ4n) is 3.93. The summed E-state index contributed by atoms with van der Waals surface area (Å²) >= 11 is 1.50. The molecule has 0 saturated carbocycles. The first-order valence-corrected chi connectivity index (χ1v) is 11.9. The molecule has 1 amide bonds. The van der Waals surface area contributed by atoms with Crippen molar-refractivity contribution in [3.05, 3.63) is 95.6 Å². The van der Waals surface area contributed by atoms with E-state index in [0.29, 0.717) is 24.3 Å². The SMILES string of the molecule is COC(=O)c1cccc(N2C(=O)[C@@](C)(CCO)S[C@H]2c2ccc(OCc3ccccc3)cc2)c1. The van der Waals surface area contributed by atoms with E-state index in [1.54, 1.807) is 29.2 Å². The van der Waals surface area contributed by atoms with E-state index in [1.807, 2.05) is 61.5 Å². The van der Waals surface area contributed by atoms with E-state index in [2.05, 4.69) is 0 Å². The molecule has 3 aromatic carbocycles. The minimum atomic E-state index is -0.789. The zero-order chi connectivity index (χ0) is 24.1. The maximum atomic E-state index is 13.5. The zero-order valence-electron chi connectivity index (χ0n) is 19.1. The third kappa shape index (κ3) is 4.95. The lowest BCUT2D eigenvalue weighted by Gasteiger charge is -2.25. The van der Waals surface area contributed by atoms with Gasteiger partial charge in [0.2, 0.25) is 5.91 Å². The van der Waals surface area contributed by atoms with Crippen molar-refractivity contribution in [3.8, 4) is 5.75 Å². The molecule has 4 rings (SSSR count). The summed E-state index contributed by atoms with van der Waals surface area (Å²) < 4.78 is 9.96. The van der Waals surface area contributed by atoms with Gasteiger partial charge in [0.05, 0.1) is 17.4 Å². The van der Waals surface area contributed by atoms with E-state index in [0.717, 1.165) is 16.9 Å². The summed E-state index contributed by atoms with van der Waals surface area (Å²) in [6, 6.07) is 24.5. The number of thioether (sulfide) groups is 1. The smallest absolute Gasteiger partial charge is 0.337 e. The molecule has 0 bridgehead atoms. The summed E-state index contributed by atoms with van der Waals surface area (Å²) in [5.41, 5.74) is 2.99. The number of rotatable bonds is 8. The van der Waals surface area contributed by atoms with Crippen LogP contribution in [0, 0.1) is 0 Å². The van der Waals surface area contributed by atoms with Crippen LogP contribution in [0.2, 0.25) is 0 Å². The van der Waals surface area contributed by atoms with E-state index in [-0.39, 0.29) is 17.9 Å². The summed E-state index contributed by atoms with van der Waals surface area (Å²) in [4.78, 5) is 27.3. The minimum Gasteiger partial charge on any atom is -0.489 e. The van der Waals surface area contributed by atoms with Gasteiger partial charge in [-0.05, 0) is 54.8 Å². The molecule has 176 valence electrons. The lowest BCUT2D eigenvalue weighted by molar-refractivity contribution is -0.120. The summed E-state index contributed by atoms with van der Waals surface area (Å²) in [5, 5.41) is 9.28. The monoisotopic (exact) mass is 477 g/mol. The van der Waals surface area contributed by atoms with Crippen molar-refractivity contribution in [2.45, 2.75) is 30.1 Å². The Balaban J connectivity index is 1.61. The number of aliphatic hydroxyl groups is 1. The van der Waals surface area contributed by atoms with Crippen LogP contribution in [0.25, 0.3) is 0 Å². The number of aliphatic hydroxyl groups excluding tert-OH is 1. The first-order chi connectivity index (χ1) is 16.4. The highest BCUT2D eigenvalue weighted by atomic mass is 32.2. The Morgan fingerprint density at radius 1 is 1.06 bits per heavy atom. The normalized spacial score (nSPS) is 19.8. The number of hydrogen-bond acceptors (Lipinski definition) is 6. The molecule has 3 aromatic rings. The molecule has 0 radical (unpaired) electrons. The summed E-state index contributed by atoms with van der Waals surface area (Å²) in [6.45, 7) is 2.23. The summed E-state index contributed by atoms with van der Waals surface area (Å²) in [5.74, 6) is 0.165.